The number of aryl methyl sites for hydroxylation is 2. The first-order valence-electron chi connectivity index (χ1n) is 5.73. The Morgan fingerprint density at radius 3 is 2.93 bits per heavy atom. The van der Waals surface area contributed by atoms with Crippen LogP contribution < -0.4 is 5.32 Å². The maximum Gasteiger partial charge on any atom is 0.0704 e. The van der Waals surface area contributed by atoms with Gasteiger partial charge in [0.15, 0.2) is 0 Å². The number of nitrogens with one attached hydrogen (secondary N) is 1. The summed E-state index contributed by atoms with van der Waals surface area (Å²) in [6.45, 7) is 0.664. The molecule has 0 fully saturated rings. The zero-order chi connectivity index (χ0) is 10.7. The quantitative estimate of drug-likeness (QED) is 0.776. The van der Waals surface area contributed by atoms with Gasteiger partial charge >= 0.3 is 0 Å². The highest BCUT2D eigenvalue weighted by Crippen LogP contribution is 2.23. The normalized spacial score (nSPS) is 16.4. The van der Waals surface area contributed by atoms with Gasteiger partial charge in [0.05, 0.1) is 6.10 Å². The second-order valence-electron chi connectivity index (χ2n) is 4.37. The van der Waals surface area contributed by atoms with Gasteiger partial charge < -0.3 is 10.4 Å². The van der Waals surface area contributed by atoms with Gasteiger partial charge in [-0.05, 0) is 49.4 Å². The lowest BCUT2D eigenvalue weighted by molar-refractivity contribution is 0.175. The number of hydrogen-bond donors (Lipinski definition) is 2. The van der Waals surface area contributed by atoms with E-state index in [1.807, 2.05) is 7.05 Å². The molecule has 1 atom stereocenters. The highest BCUT2D eigenvalue weighted by Gasteiger charge is 2.12. The fourth-order valence-corrected chi connectivity index (χ4v) is 2.33. The van der Waals surface area contributed by atoms with Crippen molar-refractivity contribution >= 4 is 0 Å². The summed E-state index contributed by atoms with van der Waals surface area (Å²) in [5, 5.41) is 12.7. The van der Waals surface area contributed by atoms with E-state index in [0.29, 0.717) is 6.54 Å². The van der Waals surface area contributed by atoms with Crippen molar-refractivity contribution in [2.45, 2.75) is 31.8 Å². The monoisotopic (exact) mass is 205 g/mol. The summed E-state index contributed by atoms with van der Waals surface area (Å²) in [5.41, 5.74) is 4.25. The van der Waals surface area contributed by atoms with Crippen LogP contribution in [-0.2, 0) is 19.3 Å². The van der Waals surface area contributed by atoms with Crippen LogP contribution in [0.1, 0.15) is 23.1 Å². The average Bonchev–Trinajstić information content (AvgIpc) is 2.65. The van der Waals surface area contributed by atoms with Crippen LogP contribution in [0.3, 0.4) is 0 Å². The zero-order valence-electron chi connectivity index (χ0n) is 9.29. The molecule has 0 amide bonds. The summed E-state index contributed by atoms with van der Waals surface area (Å²) in [4.78, 5) is 0. The number of likely N-dealkylation sites (N-methyl/N-ethyl adjacent to an activating group) is 1. The van der Waals surface area contributed by atoms with Crippen molar-refractivity contribution in [3.8, 4) is 0 Å². The topological polar surface area (TPSA) is 32.3 Å². The molecule has 1 aromatic carbocycles. The lowest BCUT2D eigenvalue weighted by atomic mass is 10.0. The van der Waals surface area contributed by atoms with Crippen molar-refractivity contribution in [3.63, 3.8) is 0 Å². The standard InChI is InChI=1S/C13H19NO/c1-14-9-13(15)8-10-5-6-11-3-2-4-12(11)7-10/h5-7,13-15H,2-4,8-9H2,1H3. The summed E-state index contributed by atoms with van der Waals surface area (Å²) in [5.74, 6) is 0. The number of hydrogen-bond acceptors (Lipinski definition) is 2. The average molecular weight is 205 g/mol. The number of aliphatic hydroxyl groups excluding tert-OH is 1. The lowest BCUT2D eigenvalue weighted by Gasteiger charge is -2.10. The van der Waals surface area contributed by atoms with Crippen molar-refractivity contribution in [2.24, 2.45) is 0 Å². The van der Waals surface area contributed by atoms with Gasteiger partial charge in [0, 0.05) is 6.54 Å². The fraction of sp³-hybridized carbons (Fsp3) is 0.538. The maximum absolute atomic E-state index is 9.69. The Balaban J connectivity index is 2.03. The summed E-state index contributed by atoms with van der Waals surface area (Å²) in [6, 6.07) is 6.65. The maximum atomic E-state index is 9.69. The van der Waals surface area contributed by atoms with Crippen LogP contribution in [0, 0.1) is 0 Å². The molecule has 82 valence electrons. The van der Waals surface area contributed by atoms with Gasteiger partial charge in [-0.25, -0.2) is 0 Å². The first-order chi connectivity index (χ1) is 7.29. The minimum Gasteiger partial charge on any atom is -0.391 e. The highest BCUT2D eigenvalue weighted by molar-refractivity contribution is 5.35. The molecule has 1 aliphatic carbocycles. The van der Waals surface area contributed by atoms with Gasteiger partial charge in [-0.1, -0.05) is 18.2 Å². The molecule has 1 aromatic rings. The van der Waals surface area contributed by atoms with E-state index >= 15 is 0 Å². The van der Waals surface area contributed by atoms with Gasteiger partial charge in [-0.2, -0.15) is 0 Å². The van der Waals surface area contributed by atoms with Gasteiger partial charge in [0.25, 0.3) is 0 Å². The van der Waals surface area contributed by atoms with Crippen LogP contribution in [0.25, 0.3) is 0 Å². The fourth-order valence-electron chi connectivity index (χ4n) is 2.33. The molecule has 0 bridgehead atoms. The third-order valence-corrected chi connectivity index (χ3v) is 3.07. The second kappa shape index (κ2) is 4.77. The van der Waals surface area contributed by atoms with Crippen LogP contribution in [0.5, 0.6) is 0 Å². The second-order valence-corrected chi connectivity index (χ2v) is 4.37. The molecule has 0 spiro atoms. The van der Waals surface area contributed by atoms with E-state index in [1.165, 1.54) is 36.0 Å². The van der Waals surface area contributed by atoms with Crippen LogP contribution in [0.15, 0.2) is 18.2 Å². The molecule has 15 heavy (non-hydrogen) atoms. The molecule has 2 heteroatoms. The molecule has 0 aromatic heterocycles. The molecule has 2 nitrogen and oxygen atoms in total. The summed E-state index contributed by atoms with van der Waals surface area (Å²) < 4.78 is 0. The highest BCUT2D eigenvalue weighted by atomic mass is 16.3. The van der Waals surface area contributed by atoms with Crippen LogP contribution in [0.2, 0.25) is 0 Å². The van der Waals surface area contributed by atoms with E-state index in [0.717, 1.165) is 6.42 Å². The van der Waals surface area contributed by atoms with E-state index in [9.17, 15) is 5.11 Å². The van der Waals surface area contributed by atoms with Crippen LogP contribution >= 0.6 is 0 Å². The van der Waals surface area contributed by atoms with E-state index in [1.54, 1.807) is 0 Å². The van der Waals surface area contributed by atoms with E-state index < -0.39 is 0 Å². The van der Waals surface area contributed by atoms with Gasteiger partial charge in [-0.15, -0.1) is 0 Å². The zero-order valence-corrected chi connectivity index (χ0v) is 9.29. The van der Waals surface area contributed by atoms with E-state index in [2.05, 4.69) is 23.5 Å². The molecule has 1 aliphatic rings. The van der Waals surface area contributed by atoms with Crippen molar-refractivity contribution < 1.29 is 5.11 Å². The number of benzene rings is 1. The SMILES string of the molecule is CNCC(O)Cc1ccc2c(c1)CCC2. The predicted molar refractivity (Wildman–Crippen MR) is 62.1 cm³/mol. The molecule has 2 rings (SSSR count). The third-order valence-electron chi connectivity index (χ3n) is 3.07. The third kappa shape index (κ3) is 2.58. The largest absolute Gasteiger partial charge is 0.391 e. The van der Waals surface area contributed by atoms with E-state index in [-0.39, 0.29) is 6.10 Å². The van der Waals surface area contributed by atoms with Crippen LogP contribution in [0.4, 0.5) is 0 Å². The van der Waals surface area contributed by atoms with Crippen molar-refractivity contribution in [1.29, 1.82) is 0 Å². The lowest BCUT2D eigenvalue weighted by Crippen LogP contribution is -2.25. The number of rotatable bonds is 4. The summed E-state index contributed by atoms with van der Waals surface area (Å²) in [6.07, 6.45) is 4.22. The van der Waals surface area contributed by atoms with Crippen LogP contribution in [-0.4, -0.2) is 24.8 Å². The van der Waals surface area contributed by atoms with Crippen molar-refractivity contribution in [3.05, 3.63) is 34.9 Å². The Bertz CT molecular complexity index is 335. The molecular formula is C13H19NO. The molecule has 0 saturated heterocycles. The Hall–Kier alpha value is -0.860. The molecule has 0 saturated carbocycles. The van der Waals surface area contributed by atoms with Gasteiger partial charge in [-0.3, -0.25) is 0 Å². The number of fused-ring (bicyclic) bond motifs is 1. The molecular weight excluding hydrogens is 186 g/mol. The Labute approximate surface area is 91.3 Å². The summed E-state index contributed by atoms with van der Waals surface area (Å²) >= 11 is 0. The first-order valence-corrected chi connectivity index (χ1v) is 5.73. The minimum atomic E-state index is -0.269. The molecule has 0 radical (unpaired) electrons. The molecule has 0 heterocycles. The Morgan fingerprint density at radius 2 is 2.13 bits per heavy atom. The van der Waals surface area contributed by atoms with Gasteiger partial charge in [0.2, 0.25) is 0 Å². The molecule has 0 aliphatic heterocycles. The van der Waals surface area contributed by atoms with Crippen molar-refractivity contribution in [2.75, 3.05) is 13.6 Å². The smallest absolute Gasteiger partial charge is 0.0704 e. The molecule has 1 unspecified atom stereocenters. The van der Waals surface area contributed by atoms with Gasteiger partial charge in [0.1, 0.15) is 0 Å². The predicted octanol–water partition coefficient (Wildman–Crippen LogP) is 1.30. The molecule has 2 N–H and O–H groups in total. The van der Waals surface area contributed by atoms with E-state index in [4.69, 9.17) is 0 Å². The number of aliphatic hydroxyl groups is 1. The minimum absolute atomic E-state index is 0.269. The first kappa shape index (κ1) is 10.7. The Kier molecular flexibility index (Phi) is 3.39. The summed E-state index contributed by atoms with van der Waals surface area (Å²) in [7, 11) is 1.87. The van der Waals surface area contributed by atoms with Crippen molar-refractivity contribution in [1.82, 2.24) is 5.32 Å². The Morgan fingerprint density at radius 1 is 1.33 bits per heavy atom.